The lowest BCUT2D eigenvalue weighted by atomic mass is 10.2. The molecule has 0 spiro atoms. The Morgan fingerprint density at radius 3 is 2.83 bits per heavy atom. The fourth-order valence-corrected chi connectivity index (χ4v) is 3.57. The highest BCUT2D eigenvalue weighted by Crippen LogP contribution is 2.39. The molecule has 1 aromatic carbocycles. The third-order valence-corrected chi connectivity index (χ3v) is 4.62. The zero-order valence-corrected chi connectivity index (χ0v) is 15.3. The average molecular weight is 352 g/mol. The van der Waals surface area contributed by atoms with Gasteiger partial charge in [-0.3, -0.25) is 4.79 Å². The smallest absolute Gasteiger partial charge is 0.407 e. The Balaban J connectivity index is 1.94. The van der Waals surface area contributed by atoms with E-state index in [2.05, 4.69) is 5.32 Å². The van der Waals surface area contributed by atoms with E-state index >= 15 is 0 Å². The molecule has 1 unspecified atom stereocenters. The van der Waals surface area contributed by atoms with Gasteiger partial charge in [-0.1, -0.05) is 12.1 Å². The SMILES string of the molecule is COc1cccc(C2SCC(=O)N2CCNC(=O)OC(C)(C)C)c1. The molecule has 1 atom stereocenters. The second kappa shape index (κ2) is 7.79. The second-order valence-corrected chi connectivity index (χ2v) is 7.52. The molecule has 6 nitrogen and oxygen atoms in total. The van der Waals surface area contributed by atoms with Crippen LogP contribution < -0.4 is 10.1 Å². The lowest BCUT2D eigenvalue weighted by molar-refractivity contribution is -0.128. The fraction of sp³-hybridized carbons (Fsp3) is 0.529. The number of carbonyl (C=O) groups is 2. The van der Waals surface area contributed by atoms with Crippen molar-refractivity contribution in [3.8, 4) is 5.75 Å². The number of methoxy groups -OCH3 is 1. The van der Waals surface area contributed by atoms with Crippen LogP contribution in [0, 0.1) is 0 Å². The molecule has 1 aromatic rings. The maximum absolute atomic E-state index is 12.1. The van der Waals surface area contributed by atoms with Gasteiger partial charge >= 0.3 is 6.09 Å². The molecule has 2 rings (SSSR count). The van der Waals surface area contributed by atoms with Gasteiger partial charge in [-0.2, -0.15) is 0 Å². The van der Waals surface area contributed by atoms with Crippen LogP contribution in [0.25, 0.3) is 0 Å². The normalized spacial score (nSPS) is 17.8. The van der Waals surface area contributed by atoms with Gasteiger partial charge in [0.2, 0.25) is 5.91 Å². The molecule has 0 bridgehead atoms. The maximum Gasteiger partial charge on any atom is 0.407 e. The van der Waals surface area contributed by atoms with E-state index in [-0.39, 0.29) is 11.3 Å². The zero-order valence-electron chi connectivity index (χ0n) is 14.5. The van der Waals surface area contributed by atoms with Crippen molar-refractivity contribution in [1.29, 1.82) is 0 Å². The van der Waals surface area contributed by atoms with E-state index in [9.17, 15) is 9.59 Å². The molecule has 24 heavy (non-hydrogen) atoms. The Bertz CT molecular complexity index is 600. The van der Waals surface area contributed by atoms with E-state index in [0.717, 1.165) is 11.3 Å². The Hall–Kier alpha value is -1.89. The number of hydrogen-bond donors (Lipinski definition) is 1. The van der Waals surface area contributed by atoms with E-state index < -0.39 is 11.7 Å². The molecule has 1 N–H and O–H groups in total. The van der Waals surface area contributed by atoms with E-state index in [1.165, 1.54) is 0 Å². The standard InChI is InChI=1S/C17H24N2O4S/c1-17(2,3)23-16(21)18-8-9-19-14(20)11-24-15(19)12-6-5-7-13(10-12)22-4/h5-7,10,15H,8-9,11H2,1-4H3,(H,18,21). The Morgan fingerprint density at radius 2 is 2.17 bits per heavy atom. The topological polar surface area (TPSA) is 67.9 Å². The number of rotatable bonds is 5. The predicted molar refractivity (Wildman–Crippen MR) is 94.1 cm³/mol. The molecule has 2 amide bonds. The van der Waals surface area contributed by atoms with Crippen molar-refractivity contribution < 1.29 is 19.1 Å². The largest absolute Gasteiger partial charge is 0.497 e. The number of carbonyl (C=O) groups excluding carboxylic acids is 2. The summed E-state index contributed by atoms with van der Waals surface area (Å²) in [5.74, 6) is 1.27. The summed E-state index contributed by atoms with van der Waals surface area (Å²) < 4.78 is 10.4. The number of nitrogens with zero attached hydrogens (tertiary/aromatic N) is 1. The van der Waals surface area contributed by atoms with Gasteiger partial charge in [0.05, 0.1) is 12.9 Å². The van der Waals surface area contributed by atoms with Gasteiger partial charge in [0.15, 0.2) is 0 Å². The van der Waals surface area contributed by atoms with Crippen molar-refractivity contribution >= 4 is 23.8 Å². The first-order valence-corrected chi connectivity index (χ1v) is 8.87. The Kier molecular flexibility index (Phi) is 5.99. The summed E-state index contributed by atoms with van der Waals surface area (Å²) in [6.07, 6.45) is -0.472. The second-order valence-electron chi connectivity index (χ2n) is 6.46. The van der Waals surface area contributed by atoms with Crippen LogP contribution in [0.2, 0.25) is 0 Å². The summed E-state index contributed by atoms with van der Waals surface area (Å²) >= 11 is 1.58. The van der Waals surface area contributed by atoms with Gasteiger partial charge in [-0.05, 0) is 38.5 Å². The van der Waals surface area contributed by atoms with Crippen LogP contribution in [-0.4, -0.2) is 48.5 Å². The van der Waals surface area contributed by atoms with Crippen LogP contribution in [0.1, 0.15) is 31.7 Å². The summed E-state index contributed by atoms with van der Waals surface area (Å²) in [7, 11) is 1.62. The molecule has 1 heterocycles. The molecule has 0 saturated carbocycles. The minimum absolute atomic E-state index is 0.0620. The number of hydrogen-bond acceptors (Lipinski definition) is 5. The van der Waals surface area contributed by atoms with Crippen LogP contribution in [0.4, 0.5) is 4.79 Å². The summed E-state index contributed by atoms with van der Waals surface area (Å²) in [5.41, 5.74) is 0.481. The van der Waals surface area contributed by atoms with Crippen molar-refractivity contribution in [1.82, 2.24) is 10.2 Å². The zero-order chi connectivity index (χ0) is 17.7. The highest BCUT2D eigenvalue weighted by Gasteiger charge is 2.32. The summed E-state index contributed by atoms with van der Waals surface area (Å²) in [5, 5.41) is 2.63. The van der Waals surface area contributed by atoms with Gasteiger partial charge in [-0.15, -0.1) is 11.8 Å². The third-order valence-electron chi connectivity index (χ3n) is 3.37. The van der Waals surface area contributed by atoms with Crippen LogP contribution in [0.3, 0.4) is 0 Å². The molecule has 1 saturated heterocycles. The van der Waals surface area contributed by atoms with Gasteiger partial charge < -0.3 is 19.7 Å². The van der Waals surface area contributed by atoms with E-state index in [1.54, 1.807) is 23.8 Å². The molecule has 0 aliphatic carbocycles. The molecule has 7 heteroatoms. The van der Waals surface area contributed by atoms with E-state index in [4.69, 9.17) is 9.47 Å². The summed E-state index contributed by atoms with van der Waals surface area (Å²) in [6.45, 7) is 6.22. The minimum Gasteiger partial charge on any atom is -0.497 e. The molecule has 0 aromatic heterocycles. The minimum atomic E-state index is -0.535. The highest BCUT2D eigenvalue weighted by atomic mass is 32.2. The van der Waals surface area contributed by atoms with Gasteiger partial charge in [0.1, 0.15) is 16.7 Å². The van der Waals surface area contributed by atoms with Crippen molar-refractivity contribution in [2.24, 2.45) is 0 Å². The van der Waals surface area contributed by atoms with Crippen LogP contribution in [0.15, 0.2) is 24.3 Å². The monoisotopic (exact) mass is 352 g/mol. The molecule has 1 fully saturated rings. The van der Waals surface area contributed by atoms with Crippen molar-refractivity contribution in [2.75, 3.05) is 26.0 Å². The third kappa shape index (κ3) is 5.06. The van der Waals surface area contributed by atoms with E-state index in [1.807, 2.05) is 45.0 Å². The lowest BCUT2D eigenvalue weighted by Crippen LogP contribution is -2.39. The van der Waals surface area contributed by atoms with Crippen molar-refractivity contribution in [3.63, 3.8) is 0 Å². The van der Waals surface area contributed by atoms with Crippen LogP contribution in [0.5, 0.6) is 5.75 Å². The first kappa shape index (κ1) is 18.4. The fourth-order valence-electron chi connectivity index (χ4n) is 2.36. The van der Waals surface area contributed by atoms with Crippen molar-refractivity contribution in [3.05, 3.63) is 29.8 Å². The Morgan fingerprint density at radius 1 is 1.42 bits per heavy atom. The number of ether oxygens (including phenoxy) is 2. The number of alkyl carbamates (subject to hydrolysis) is 1. The summed E-state index contributed by atoms with van der Waals surface area (Å²) in [6, 6.07) is 7.70. The molecule has 1 aliphatic heterocycles. The lowest BCUT2D eigenvalue weighted by Gasteiger charge is -2.25. The molecular weight excluding hydrogens is 328 g/mol. The van der Waals surface area contributed by atoms with Crippen LogP contribution >= 0.6 is 11.8 Å². The van der Waals surface area contributed by atoms with Gasteiger partial charge in [0.25, 0.3) is 0 Å². The van der Waals surface area contributed by atoms with Crippen molar-refractivity contribution in [2.45, 2.75) is 31.7 Å². The first-order chi connectivity index (χ1) is 11.3. The molecule has 1 aliphatic rings. The van der Waals surface area contributed by atoms with Crippen LogP contribution in [-0.2, 0) is 9.53 Å². The first-order valence-electron chi connectivity index (χ1n) is 7.82. The van der Waals surface area contributed by atoms with Gasteiger partial charge in [-0.25, -0.2) is 4.79 Å². The van der Waals surface area contributed by atoms with E-state index in [0.29, 0.717) is 18.8 Å². The summed E-state index contributed by atoms with van der Waals surface area (Å²) in [4.78, 5) is 25.6. The maximum atomic E-state index is 12.1. The highest BCUT2D eigenvalue weighted by molar-refractivity contribution is 8.00. The molecular formula is C17H24N2O4S. The Labute approximate surface area is 146 Å². The van der Waals surface area contributed by atoms with Gasteiger partial charge in [0, 0.05) is 13.1 Å². The number of nitrogens with one attached hydrogen (secondary N) is 1. The quantitative estimate of drug-likeness (QED) is 0.882. The number of thioether (sulfide) groups is 1. The molecule has 132 valence electrons. The average Bonchev–Trinajstić information content (AvgIpc) is 2.87. The number of benzene rings is 1. The molecule has 0 radical (unpaired) electrons. The predicted octanol–water partition coefficient (Wildman–Crippen LogP) is 2.79. The number of amides is 2.